The highest BCUT2D eigenvalue weighted by atomic mass is 16.3. The Hall–Kier alpha value is -0.800. The lowest BCUT2D eigenvalue weighted by molar-refractivity contribution is 0.199. The number of aliphatic hydroxyl groups excluding tert-OH is 1. The lowest BCUT2D eigenvalue weighted by Gasteiger charge is -2.20. The molecule has 0 saturated heterocycles. The minimum atomic E-state index is -0.493. The molecular weight excluding hydrogens is 154 g/mol. The molecule has 0 aromatic carbocycles. The standard InChI is InChI=1S/C9H15NO2/c1-9(10,7-11)5-4-8-3-2-6-12-8/h2-3,6,11H,4-5,7,10H2,1H3/t9-/m1/s1. The Morgan fingerprint density at radius 2 is 2.42 bits per heavy atom. The van der Waals surface area contributed by atoms with Crippen LogP contribution < -0.4 is 5.73 Å². The van der Waals surface area contributed by atoms with E-state index in [1.54, 1.807) is 6.26 Å². The summed E-state index contributed by atoms with van der Waals surface area (Å²) in [7, 11) is 0. The monoisotopic (exact) mass is 169 g/mol. The van der Waals surface area contributed by atoms with E-state index in [1.165, 1.54) is 0 Å². The summed E-state index contributed by atoms with van der Waals surface area (Å²) in [6.45, 7) is 1.84. The second-order valence-electron chi connectivity index (χ2n) is 3.39. The quantitative estimate of drug-likeness (QED) is 0.704. The van der Waals surface area contributed by atoms with Gasteiger partial charge in [0.1, 0.15) is 5.76 Å². The van der Waals surface area contributed by atoms with Crippen molar-refractivity contribution < 1.29 is 9.52 Å². The molecule has 3 N–H and O–H groups in total. The lowest BCUT2D eigenvalue weighted by atomic mass is 9.98. The number of rotatable bonds is 4. The Labute approximate surface area is 72.2 Å². The number of nitrogens with two attached hydrogens (primary N) is 1. The molecule has 68 valence electrons. The van der Waals surface area contributed by atoms with Gasteiger partial charge in [0.05, 0.1) is 12.9 Å². The third kappa shape index (κ3) is 2.68. The Morgan fingerprint density at radius 3 is 2.92 bits per heavy atom. The molecule has 0 aliphatic rings. The molecule has 0 saturated carbocycles. The van der Waals surface area contributed by atoms with Crippen LogP contribution >= 0.6 is 0 Å². The van der Waals surface area contributed by atoms with Crippen LogP contribution in [0.25, 0.3) is 0 Å². The molecule has 12 heavy (non-hydrogen) atoms. The highest BCUT2D eigenvalue weighted by molar-refractivity contribution is 4.99. The number of aryl methyl sites for hydroxylation is 1. The number of hydrogen-bond donors (Lipinski definition) is 2. The predicted molar refractivity (Wildman–Crippen MR) is 46.7 cm³/mol. The van der Waals surface area contributed by atoms with Gasteiger partial charge >= 0.3 is 0 Å². The van der Waals surface area contributed by atoms with Crippen molar-refractivity contribution in [3.8, 4) is 0 Å². The van der Waals surface area contributed by atoms with Gasteiger partial charge in [-0.15, -0.1) is 0 Å². The fourth-order valence-corrected chi connectivity index (χ4v) is 0.943. The van der Waals surface area contributed by atoms with E-state index in [1.807, 2.05) is 19.1 Å². The molecule has 3 nitrogen and oxygen atoms in total. The summed E-state index contributed by atoms with van der Waals surface area (Å²) in [4.78, 5) is 0. The molecule has 0 aliphatic heterocycles. The van der Waals surface area contributed by atoms with Crippen molar-refractivity contribution in [3.63, 3.8) is 0 Å². The fourth-order valence-electron chi connectivity index (χ4n) is 0.943. The highest BCUT2D eigenvalue weighted by Crippen LogP contribution is 2.11. The van der Waals surface area contributed by atoms with E-state index in [-0.39, 0.29) is 6.61 Å². The van der Waals surface area contributed by atoms with Gasteiger partial charge in [-0.3, -0.25) is 0 Å². The summed E-state index contributed by atoms with van der Waals surface area (Å²) < 4.78 is 5.14. The maximum Gasteiger partial charge on any atom is 0.103 e. The summed E-state index contributed by atoms with van der Waals surface area (Å²) in [5, 5.41) is 8.87. The van der Waals surface area contributed by atoms with Gasteiger partial charge < -0.3 is 15.3 Å². The van der Waals surface area contributed by atoms with Crippen molar-refractivity contribution in [1.29, 1.82) is 0 Å². The molecule has 1 aromatic heterocycles. The Morgan fingerprint density at radius 1 is 1.67 bits per heavy atom. The van der Waals surface area contributed by atoms with Crippen molar-refractivity contribution in [2.45, 2.75) is 25.3 Å². The highest BCUT2D eigenvalue weighted by Gasteiger charge is 2.16. The molecule has 0 fully saturated rings. The molecule has 0 unspecified atom stereocenters. The van der Waals surface area contributed by atoms with Crippen LogP contribution in [0.1, 0.15) is 19.1 Å². The van der Waals surface area contributed by atoms with Crippen molar-refractivity contribution in [2.24, 2.45) is 5.73 Å². The van der Waals surface area contributed by atoms with Gasteiger partial charge in [-0.05, 0) is 25.5 Å². The third-order valence-electron chi connectivity index (χ3n) is 1.88. The topological polar surface area (TPSA) is 59.4 Å². The van der Waals surface area contributed by atoms with Crippen molar-refractivity contribution in [1.82, 2.24) is 0 Å². The van der Waals surface area contributed by atoms with Gasteiger partial charge in [-0.25, -0.2) is 0 Å². The Balaban J connectivity index is 2.36. The first-order chi connectivity index (χ1) is 5.64. The van der Waals surface area contributed by atoms with Crippen LogP contribution in [0.5, 0.6) is 0 Å². The van der Waals surface area contributed by atoms with E-state index in [0.717, 1.165) is 18.6 Å². The van der Waals surface area contributed by atoms with Gasteiger partial charge in [0.15, 0.2) is 0 Å². The Bertz CT molecular complexity index is 216. The molecule has 1 heterocycles. The lowest BCUT2D eigenvalue weighted by Crippen LogP contribution is -2.40. The predicted octanol–water partition coefficient (Wildman–Crippen LogP) is 0.922. The van der Waals surface area contributed by atoms with Crippen LogP contribution in [0.4, 0.5) is 0 Å². The molecule has 0 aliphatic carbocycles. The second-order valence-corrected chi connectivity index (χ2v) is 3.39. The van der Waals surface area contributed by atoms with Gasteiger partial charge in [-0.2, -0.15) is 0 Å². The maximum atomic E-state index is 8.87. The first-order valence-corrected chi connectivity index (χ1v) is 4.06. The number of furan rings is 1. The molecule has 1 rings (SSSR count). The van der Waals surface area contributed by atoms with E-state index in [2.05, 4.69) is 0 Å². The fraction of sp³-hybridized carbons (Fsp3) is 0.556. The van der Waals surface area contributed by atoms with Gasteiger partial charge in [0, 0.05) is 12.0 Å². The smallest absolute Gasteiger partial charge is 0.103 e. The van der Waals surface area contributed by atoms with Crippen LogP contribution in [0.15, 0.2) is 22.8 Å². The molecule has 0 radical (unpaired) electrons. The third-order valence-corrected chi connectivity index (χ3v) is 1.88. The van der Waals surface area contributed by atoms with Crippen LogP contribution in [-0.4, -0.2) is 17.3 Å². The van der Waals surface area contributed by atoms with E-state index >= 15 is 0 Å². The van der Waals surface area contributed by atoms with Crippen molar-refractivity contribution in [3.05, 3.63) is 24.2 Å². The number of aliphatic hydroxyl groups is 1. The number of hydrogen-bond acceptors (Lipinski definition) is 3. The van der Waals surface area contributed by atoms with Crippen LogP contribution in [0, 0.1) is 0 Å². The zero-order chi connectivity index (χ0) is 9.03. The van der Waals surface area contributed by atoms with Crippen molar-refractivity contribution in [2.75, 3.05) is 6.61 Å². The largest absolute Gasteiger partial charge is 0.469 e. The van der Waals surface area contributed by atoms with Crippen molar-refractivity contribution >= 4 is 0 Å². The van der Waals surface area contributed by atoms with Crippen LogP contribution in [0.2, 0.25) is 0 Å². The summed E-state index contributed by atoms with van der Waals surface area (Å²) >= 11 is 0. The molecule has 0 amide bonds. The second kappa shape index (κ2) is 3.74. The molecule has 1 atom stereocenters. The molecule has 1 aromatic rings. The molecular formula is C9H15NO2. The summed E-state index contributed by atoms with van der Waals surface area (Å²) in [6.07, 6.45) is 3.15. The first kappa shape index (κ1) is 9.29. The average molecular weight is 169 g/mol. The minimum Gasteiger partial charge on any atom is -0.469 e. The van der Waals surface area contributed by atoms with Gasteiger partial charge in [0.25, 0.3) is 0 Å². The van der Waals surface area contributed by atoms with E-state index in [0.29, 0.717) is 0 Å². The van der Waals surface area contributed by atoms with E-state index < -0.39 is 5.54 Å². The summed E-state index contributed by atoms with van der Waals surface area (Å²) in [5.41, 5.74) is 5.25. The van der Waals surface area contributed by atoms with Gasteiger partial charge in [-0.1, -0.05) is 0 Å². The summed E-state index contributed by atoms with van der Waals surface area (Å²) in [5.74, 6) is 0.917. The minimum absolute atomic E-state index is 0.00765. The van der Waals surface area contributed by atoms with Crippen LogP contribution in [0.3, 0.4) is 0 Å². The summed E-state index contributed by atoms with van der Waals surface area (Å²) in [6, 6.07) is 3.76. The molecule has 3 heteroatoms. The average Bonchev–Trinajstić information content (AvgIpc) is 2.53. The SMILES string of the molecule is C[C@](N)(CO)CCc1ccco1. The Kier molecular flexibility index (Phi) is 2.89. The van der Waals surface area contributed by atoms with Gasteiger partial charge in [0.2, 0.25) is 0 Å². The zero-order valence-electron chi connectivity index (χ0n) is 7.29. The first-order valence-electron chi connectivity index (χ1n) is 4.06. The maximum absolute atomic E-state index is 8.87. The van der Waals surface area contributed by atoms with E-state index in [9.17, 15) is 0 Å². The zero-order valence-corrected chi connectivity index (χ0v) is 7.29. The molecule has 0 bridgehead atoms. The molecule has 0 spiro atoms. The van der Waals surface area contributed by atoms with E-state index in [4.69, 9.17) is 15.3 Å². The normalized spacial score (nSPS) is 15.9. The van der Waals surface area contributed by atoms with Crippen LogP contribution in [-0.2, 0) is 6.42 Å².